The molecule has 5 nitrogen and oxygen atoms in total. The third-order valence-corrected chi connectivity index (χ3v) is 4.26. The molecule has 0 aromatic heterocycles. The smallest absolute Gasteiger partial charge is 0.335 e. The zero-order valence-corrected chi connectivity index (χ0v) is 15.4. The lowest BCUT2D eigenvalue weighted by molar-refractivity contribution is 0.0696. The molecular weight excluding hydrogens is 328 g/mol. The molecule has 2 aromatic carbocycles. The first-order chi connectivity index (χ1) is 12.5. The van der Waals surface area contributed by atoms with Crippen LogP contribution in [0, 0.1) is 0 Å². The summed E-state index contributed by atoms with van der Waals surface area (Å²) in [6.45, 7) is 7.66. The molecule has 0 aliphatic rings. The van der Waals surface area contributed by atoms with E-state index < -0.39 is 5.97 Å². The topological polar surface area (TPSA) is 69.6 Å². The Morgan fingerprint density at radius 2 is 1.50 bits per heavy atom. The summed E-state index contributed by atoms with van der Waals surface area (Å²) in [6.07, 6.45) is 1.13. The predicted octanol–water partition coefficient (Wildman–Crippen LogP) is 3.55. The molecule has 2 aromatic rings. The molecular formula is C21H26N2O3. The highest BCUT2D eigenvalue weighted by Crippen LogP contribution is 2.09. The quantitative estimate of drug-likeness (QED) is 0.722. The summed E-state index contributed by atoms with van der Waals surface area (Å²) < 4.78 is 0. The predicted molar refractivity (Wildman–Crippen MR) is 102 cm³/mol. The van der Waals surface area contributed by atoms with E-state index >= 15 is 0 Å². The lowest BCUT2D eigenvalue weighted by atomic mass is 10.1. The lowest BCUT2D eigenvalue weighted by Gasteiger charge is -2.19. The molecule has 0 aliphatic carbocycles. The third kappa shape index (κ3) is 5.70. The van der Waals surface area contributed by atoms with Gasteiger partial charge in [-0.1, -0.05) is 38.1 Å². The summed E-state index contributed by atoms with van der Waals surface area (Å²) >= 11 is 0. The molecule has 138 valence electrons. The molecule has 0 spiro atoms. The fraction of sp³-hybridized carbons (Fsp3) is 0.333. The molecule has 5 heteroatoms. The SMILES string of the molecule is CCCN(CC)Cc1ccc(C(=O)NCc2ccc(C(=O)O)cc2)cc1. The van der Waals surface area contributed by atoms with Crippen molar-refractivity contribution in [1.29, 1.82) is 0 Å². The summed E-state index contributed by atoms with van der Waals surface area (Å²) in [7, 11) is 0. The van der Waals surface area contributed by atoms with Crippen molar-refractivity contribution in [2.24, 2.45) is 0 Å². The van der Waals surface area contributed by atoms with E-state index in [0.717, 1.165) is 31.6 Å². The molecule has 0 saturated heterocycles. The Labute approximate surface area is 154 Å². The van der Waals surface area contributed by atoms with Gasteiger partial charge in [0.1, 0.15) is 0 Å². The molecule has 0 aliphatic heterocycles. The van der Waals surface area contributed by atoms with Gasteiger partial charge in [-0.2, -0.15) is 0 Å². The van der Waals surface area contributed by atoms with Crippen LogP contribution in [-0.4, -0.2) is 35.0 Å². The van der Waals surface area contributed by atoms with Crippen molar-refractivity contribution in [3.8, 4) is 0 Å². The monoisotopic (exact) mass is 354 g/mol. The number of nitrogens with zero attached hydrogens (tertiary/aromatic N) is 1. The van der Waals surface area contributed by atoms with Gasteiger partial charge in [-0.15, -0.1) is 0 Å². The van der Waals surface area contributed by atoms with E-state index in [1.165, 1.54) is 17.7 Å². The van der Waals surface area contributed by atoms with Crippen molar-refractivity contribution in [2.45, 2.75) is 33.4 Å². The Kier molecular flexibility index (Phi) is 7.36. The first-order valence-electron chi connectivity index (χ1n) is 8.95. The highest BCUT2D eigenvalue weighted by atomic mass is 16.4. The molecule has 0 radical (unpaired) electrons. The van der Waals surface area contributed by atoms with Crippen LogP contribution in [0.5, 0.6) is 0 Å². The Balaban J connectivity index is 1.90. The van der Waals surface area contributed by atoms with Crippen LogP contribution in [0.2, 0.25) is 0 Å². The van der Waals surface area contributed by atoms with Gasteiger partial charge in [-0.05, 0) is 54.9 Å². The minimum atomic E-state index is -0.957. The molecule has 2 rings (SSSR count). The second-order valence-electron chi connectivity index (χ2n) is 6.25. The van der Waals surface area contributed by atoms with Crippen LogP contribution in [0.1, 0.15) is 52.1 Å². The number of benzene rings is 2. The van der Waals surface area contributed by atoms with E-state index in [2.05, 4.69) is 24.1 Å². The number of rotatable bonds is 9. The summed E-state index contributed by atoms with van der Waals surface area (Å²) in [4.78, 5) is 25.5. The van der Waals surface area contributed by atoms with Crippen LogP contribution in [-0.2, 0) is 13.1 Å². The Hall–Kier alpha value is -2.66. The van der Waals surface area contributed by atoms with Crippen molar-refractivity contribution in [2.75, 3.05) is 13.1 Å². The van der Waals surface area contributed by atoms with Crippen molar-refractivity contribution in [3.63, 3.8) is 0 Å². The second-order valence-corrected chi connectivity index (χ2v) is 6.25. The molecule has 0 fully saturated rings. The van der Waals surface area contributed by atoms with E-state index in [4.69, 9.17) is 5.11 Å². The highest BCUT2D eigenvalue weighted by Gasteiger charge is 2.08. The number of hydrogen-bond acceptors (Lipinski definition) is 3. The van der Waals surface area contributed by atoms with Gasteiger partial charge in [0.2, 0.25) is 0 Å². The number of nitrogens with one attached hydrogen (secondary N) is 1. The number of carboxylic acid groups (broad SMARTS) is 1. The summed E-state index contributed by atoms with van der Waals surface area (Å²) in [6, 6.07) is 14.2. The first-order valence-corrected chi connectivity index (χ1v) is 8.95. The van der Waals surface area contributed by atoms with Crippen LogP contribution in [0.25, 0.3) is 0 Å². The standard InChI is InChI=1S/C21H26N2O3/c1-3-13-23(4-2)15-17-7-9-18(10-8-17)20(24)22-14-16-5-11-19(12-6-16)21(25)26/h5-12H,3-4,13-15H2,1-2H3,(H,22,24)(H,25,26). The fourth-order valence-electron chi connectivity index (χ4n) is 2.73. The molecule has 0 atom stereocenters. The van der Waals surface area contributed by atoms with Crippen LogP contribution in [0.3, 0.4) is 0 Å². The van der Waals surface area contributed by atoms with Crippen LogP contribution >= 0.6 is 0 Å². The van der Waals surface area contributed by atoms with Gasteiger partial charge in [-0.25, -0.2) is 4.79 Å². The normalized spacial score (nSPS) is 10.7. The summed E-state index contributed by atoms with van der Waals surface area (Å²) in [5, 5.41) is 11.8. The average molecular weight is 354 g/mol. The number of carbonyl (C=O) groups is 2. The van der Waals surface area contributed by atoms with Crippen molar-refractivity contribution < 1.29 is 14.7 Å². The summed E-state index contributed by atoms with van der Waals surface area (Å²) in [5.74, 6) is -1.10. The Bertz CT molecular complexity index is 724. The van der Waals surface area contributed by atoms with Gasteiger partial charge in [0.25, 0.3) is 5.91 Å². The van der Waals surface area contributed by atoms with Crippen molar-refractivity contribution in [3.05, 3.63) is 70.8 Å². The molecule has 0 unspecified atom stereocenters. The summed E-state index contributed by atoms with van der Waals surface area (Å²) in [5.41, 5.74) is 2.91. The Morgan fingerprint density at radius 3 is 2.04 bits per heavy atom. The molecule has 0 saturated carbocycles. The average Bonchev–Trinajstić information content (AvgIpc) is 2.66. The van der Waals surface area contributed by atoms with Crippen LogP contribution < -0.4 is 5.32 Å². The maximum atomic E-state index is 12.3. The van der Waals surface area contributed by atoms with Gasteiger partial charge in [0, 0.05) is 18.7 Å². The van der Waals surface area contributed by atoms with Gasteiger partial charge in [0.15, 0.2) is 0 Å². The van der Waals surface area contributed by atoms with E-state index in [1.807, 2.05) is 24.3 Å². The van der Waals surface area contributed by atoms with Gasteiger partial charge >= 0.3 is 5.97 Å². The number of aromatic carboxylic acids is 1. The largest absolute Gasteiger partial charge is 0.478 e. The van der Waals surface area contributed by atoms with Gasteiger partial charge in [0.05, 0.1) is 5.56 Å². The third-order valence-electron chi connectivity index (χ3n) is 4.26. The van der Waals surface area contributed by atoms with Crippen LogP contribution in [0.4, 0.5) is 0 Å². The second kappa shape index (κ2) is 9.73. The van der Waals surface area contributed by atoms with E-state index in [0.29, 0.717) is 12.1 Å². The molecule has 0 heterocycles. The highest BCUT2D eigenvalue weighted by molar-refractivity contribution is 5.94. The van der Waals surface area contributed by atoms with Crippen molar-refractivity contribution in [1.82, 2.24) is 10.2 Å². The minimum Gasteiger partial charge on any atom is -0.478 e. The fourth-order valence-corrected chi connectivity index (χ4v) is 2.73. The molecule has 0 bridgehead atoms. The minimum absolute atomic E-state index is 0.139. The Morgan fingerprint density at radius 1 is 0.923 bits per heavy atom. The lowest BCUT2D eigenvalue weighted by Crippen LogP contribution is -2.24. The maximum Gasteiger partial charge on any atom is 0.335 e. The zero-order valence-electron chi connectivity index (χ0n) is 15.4. The van der Waals surface area contributed by atoms with Gasteiger partial charge in [-0.3, -0.25) is 9.69 Å². The zero-order chi connectivity index (χ0) is 18.9. The van der Waals surface area contributed by atoms with E-state index in [1.54, 1.807) is 12.1 Å². The van der Waals surface area contributed by atoms with Crippen LogP contribution in [0.15, 0.2) is 48.5 Å². The molecule has 2 N–H and O–H groups in total. The number of carboxylic acids is 1. The van der Waals surface area contributed by atoms with E-state index in [9.17, 15) is 9.59 Å². The maximum absolute atomic E-state index is 12.3. The van der Waals surface area contributed by atoms with Crippen molar-refractivity contribution >= 4 is 11.9 Å². The number of hydrogen-bond donors (Lipinski definition) is 2. The number of carbonyl (C=O) groups excluding carboxylic acids is 1. The molecule has 1 amide bonds. The number of amides is 1. The molecule has 26 heavy (non-hydrogen) atoms. The van der Waals surface area contributed by atoms with E-state index in [-0.39, 0.29) is 11.5 Å². The van der Waals surface area contributed by atoms with Gasteiger partial charge < -0.3 is 10.4 Å². The first kappa shape index (κ1) is 19.7.